The molecule has 0 fully saturated rings. The van der Waals surface area contributed by atoms with Crippen molar-refractivity contribution in [1.82, 2.24) is 0 Å². The molecule has 0 aromatic heterocycles. The maximum atomic E-state index is 12.9. The van der Waals surface area contributed by atoms with Crippen molar-refractivity contribution in [1.29, 1.82) is 0 Å². The van der Waals surface area contributed by atoms with Crippen LogP contribution in [-0.2, 0) is 28.6 Å². The Labute approximate surface area is 454 Å². The normalized spacial score (nSPS) is 12.3. The predicted molar refractivity (Wildman–Crippen MR) is 316 cm³/mol. The number of allylic oxidation sites excluding steroid dienone is 8. The van der Waals surface area contributed by atoms with Crippen LogP contribution in [-0.4, -0.2) is 37.2 Å². The van der Waals surface area contributed by atoms with Gasteiger partial charge >= 0.3 is 17.9 Å². The summed E-state index contributed by atoms with van der Waals surface area (Å²) in [5, 5.41) is 0. The maximum absolute atomic E-state index is 12.9. The number of hydrogen-bond donors (Lipinski definition) is 0. The molecule has 0 saturated heterocycles. The number of ether oxygens (including phenoxy) is 3. The monoisotopic (exact) mass is 1020 g/mol. The van der Waals surface area contributed by atoms with E-state index in [1.807, 2.05) is 0 Å². The summed E-state index contributed by atoms with van der Waals surface area (Å²) in [4.78, 5) is 38.3. The topological polar surface area (TPSA) is 78.9 Å². The van der Waals surface area contributed by atoms with Gasteiger partial charge in [-0.25, -0.2) is 0 Å². The first kappa shape index (κ1) is 70.4. The van der Waals surface area contributed by atoms with Crippen LogP contribution >= 0.6 is 0 Å². The lowest BCUT2D eigenvalue weighted by molar-refractivity contribution is -0.167. The highest BCUT2D eigenvalue weighted by Gasteiger charge is 2.19. The molecule has 0 aliphatic carbocycles. The molecule has 1 atom stereocenters. The molecule has 6 heteroatoms. The summed E-state index contributed by atoms with van der Waals surface area (Å²) in [6.07, 6.45) is 76.9. The minimum absolute atomic E-state index is 0.0778. The van der Waals surface area contributed by atoms with Crippen molar-refractivity contribution in [2.45, 2.75) is 348 Å². The van der Waals surface area contributed by atoms with Crippen LogP contribution in [0.5, 0.6) is 0 Å². The van der Waals surface area contributed by atoms with E-state index in [0.29, 0.717) is 19.3 Å². The molecule has 0 aliphatic heterocycles. The Hall–Kier alpha value is -2.63. The van der Waals surface area contributed by atoms with Crippen molar-refractivity contribution in [3.63, 3.8) is 0 Å². The van der Waals surface area contributed by atoms with Crippen LogP contribution < -0.4 is 0 Å². The number of hydrogen-bond acceptors (Lipinski definition) is 6. The predicted octanol–water partition coefficient (Wildman–Crippen LogP) is 21.8. The highest BCUT2D eigenvalue weighted by atomic mass is 16.6. The van der Waals surface area contributed by atoms with Gasteiger partial charge in [0, 0.05) is 19.3 Å². The lowest BCUT2D eigenvalue weighted by Gasteiger charge is -2.18. The molecule has 0 spiro atoms. The molecule has 0 aliphatic rings. The minimum Gasteiger partial charge on any atom is -0.462 e. The van der Waals surface area contributed by atoms with Gasteiger partial charge in [0.05, 0.1) is 0 Å². The molecule has 0 rings (SSSR count). The number of esters is 3. The van der Waals surface area contributed by atoms with Crippen LogP contribution in [0.2, 0.25) is 0 Å². The van der Waals surface area contributed by atoms with Crippen molar-refractivity contribution in [2.24, 2.45) is 0 Å². The van der Waals surface area contributed by atoms with E-state index >= 15 is 0 Å². The van der Waals surface area contributed by atoms with Crippen LogP contribution in [0.15, 0.2) is 48.6 Å². The van der Waals surface area contributed by atoms with Gasteiger partial charge in [-0.1, -0.05) is 288 Å². The summed E-state index contributed by atoms with van der Waals surface area (Å²) in [6.45, 7) is 6.62. The summed E-state index contributed by atoms with van der Waals surface area (Å²) in [5.41, 5.74) is 0. The van der Waals surface area contributed by atoms with Crippen LogP contribution in [0.4, 0.5) is 0 Å². The molecule has 0 heterocycles. The average molecular weight is 1020 g/mol. The van der Waals surface area contributed by atoms with Crippen LogP contribution in [0.3, 0.4) is 0 Å². The van der Waals surface area contributed by atoms with Crippen molar-refractivity contribution in [3.05, 3.63) is 48.6 Å². The highest BCUT2D eigenvalue weighted by molar-refractivity contribution is 5.71. The van der Waals surface area contributed by atoms with E-state index in [-0.39, 0.29) is 31.1 Å². The van der Waals surface area contributed by atoms with Gasteiger partial charge in [0.1, 0.15) is 13.2 Å². The van der Waals surface area contributed by atoms with Gasteiger partial charge in [-0.15, -0.1) is 0 Å². The van der Waals surface area contributed by atoms with Crippen molar-refractivity contribution < 1.29 is 28.6 Å². The second-order valence-electron chi connectivity index (χ2n) is 21.7. The van der Waals surface area contributed by atoms with Gasteiger partial charge in [-0.3, -0.25) is 14.4 Å². The molecule has 1 unspecified atom stereocenters. The van der Waals surface area contributed by atoms with Crippen molar-refractivity contribution in [3.8, 4) is 0 Å². The van der Waals surface area contributed by atoms with Gasteiger partial charge in [0.2, 0.25) is 0 Å². The number of rotatable bonds is 59. The van der Waals surface area contributed by atoms with E-state index in [1.54, 1.807) is 0 Å². The maximum Gasteiger partial charge on any atom is 0.306 e. The summed E-state index contributed by atoms with van der Waals surface area (Å²) >= 11 is 0. The molecule has 73 heavy (non-hydrogen) atoms. The van der Waals surface area contributed by atoms with Gasteiger partial charge in [0.25, 0.3) is 0 Å². The molecule has 0 amide bonds. The summed E-state index contributed by atoms with van der Waals surface area (Å²) in [5.74, 6) is -0.881. The molecule has 0 radical (unpaired) electrons. The number of carbonyl (C=O) groups is 3. The first-order valence-corrected chi connectivity index (χ1v) is 32.1. The molecular weight excluding hydrogens is 901 g/mol. The largest absolute Gasteiger partial charge is 0.462 e. The van der Waals surface area contributed by atoms with E-state index in [2.05, 4.69) is 69.4 Å². The second kappa shape index (κ2) is 61.9. The third-order valence-corrected chi connectivity index (χ3v) is 14.3. The third kappa shape index (κ3) is 60.1. The highest BCUT2D eigenvalue weighted by Crippen LogP contribution is 2.17. The van der Waals surface area contributed by atoms with Crippen molar-refractivity contribution >= 4 is 17.9 Å². The summed E-state index contributed by atoms with van der Waals surface area (Å²) in [6, 6.07) is 0. The lowest BCUT2D eigenvalue weighted by Crippen LogP contribution is -2.30. The minimum atomic E-state index is -0.782. The van der Waals surface area contributed by atoms with Crippen LogP contribution in [0.25, 0.3) is 0 Å². The van der Waals surface area contributed by atoms with E-state index in [4.69, 9.17) is 14.2 Å². The zero-order valence-electron chi connectivity index (χ0n) is 48.9. The van der Waals surface area contributed by atoms with E-state index in [0.717, 1.165) is 89.9 Å². The summed E-state index contributed by atoms with van der Waals surface area (Å²) < 4.78 is 16.9. The fourth-order valence-electron chi connectivity index (χ4n) is 9.45. The van der Waals surface area contributed by atoms with Gasteiger partial charge < -0.3 is 14.2 Å². The zero-order valence-corrected chi connectivity index (χ0v) is 48.9. The Bertz CT molecular complexity index is 1270. The molecular formula is C67H122O6. The first-order chi connectivity index (χ1) is 36.0. The van der Waals surface area contributed by atoms with E-state index in [1.165, 1.54) is 212 Å². The fraction of sp³-hybridized carbons (Fsp3) is 0.836. The van der Waals surface area contributed by atoms with Gasteiger partial charge in [0.15, 0.2) is 6.10 Å². The average Bonchev–Trinajstić information content (AvgIpc) is 3.39. The standard InChI is InChI=1S/C67H122O6/c1-4-7-10-13-16-19-22-25-27-29-31-32-33-34-35-37-38-40-42-45-48-51-54-57-60-66(69)72-63-64(62-71-65(68)59-56-53-50-47-44-24-21-18-15-12-9-6-3)73-67(70)61-58-55-52-49-46-43-41-39-36-30-28-26-23-20-17-14-11-8-5-2/h17-18,20-21,26,28,36,39,64H,4-16,19,22-25,27,29-35,37-38,40-63H2,1-3H3/b20-17-,21-18-,28-26-,39-36-. The molecule has 0 bridgehead atoms. The van der Waals surface area contributed by atoms with Crippen molar-refractivity contribution in [2.75, 3.05) is 13.2 Å². The number of carbonyl (C=O) groups excluding carboxylic acids is 3. The lowest BCUT2D eigenvalue weighted by atomic mass is 10.0. The summed E-state index contributed by atoms with van der Waals surface area (Å²) in [7, 11) is 0. The number of unbranched alkanes of at least 4 members (excludes halogenated alkanes) is 40. The smallest absolute Gasteiger partial charge is 0.306 e. The van der Waals surface area contributed by atoms with Crippen LogP contribution in [0.1, 0.15) is 342 Å². The Balaban J connectivity index is 4.27. The molecule has 0 saturated carbocycles. The van der Waals surface area contributed by atoms with Crippen LogP contribution in [0, 0.1) is 0 Å². The Morgan fingerprint density at radius 3 is 0.808 bits per heavy atom. The zero-order chi connectivity index (χ0) is 52.9. The quantitative estimate of drug-likeness (QED) is 0.0261. The van der Waals surface area contributed by atoms with Gasteiger partial charge in [-0.2, -0.15) is 0 Å². The third-order valence-electron chi connectivity index (χ3n) is 14.3. The first-order valence-electron chi connectivity index (χ1n) is 32.1. The Morgan fingerprint density at radius 2 is 0.493 bits per heavy atom. The molecule has 0 N–H and O–H groups in total. The molecule has 426 valence electrons. The van der Waals surface area contributed by atoms with E-state index in [9.17, 15) is 14.4 Å². The molecule has 0 aromatic rings. The molecule has 6 nitrogen and oxygen atoms in total. The van der Waals surface area contributed by atoms with Gasteiger partial charge in [-0.05, 0) is 83.5 Å². The SMILES string of the molecule is CCCCC/C=C\C/C=C\C/C=C\CCCCCCCCC(=O)OC(COC(=O)CCCCCCC/C=C\CCCCC)COC(=O)CCCCCCCCCCCCCCCCCCCCCCCCCC. The fourth-order valence-corrected chi connectivity index (χ4v) is 9.45. The van der Waals surface area contributed by atoms with E-state index < -0.39 is 6.10 Å². The molecule has 0 aromatic carbocycles. The Kier molecular flexibility index (Phi) is 59.7. The second-order valence-corrected chi connectivity index (χ2v) is 21.7. The Morgan fingerprint density at radius 1 is 0.274 bits per heavy atom.